The zero-order valence-electron chi connectivity index (χ0n) is 23.4. The third-order valence-corrected chi connectivity index (χ3v) is 10.9. The quantitative estimate of drug-likeness (QED) is 0.392. The van der Waals surface area contributed by atoms with E-state index in [0.717, 1.165) is 29.6 Å². The summed E-state index contributed by atoms with van der Waals surface area (Å²) in [7, 11) is 0. The molecule has 0 spiro atoms. The van der Waals surface area contributed by atoms with Crippen molar-refractivity contribution in [2.24, 2.45) is 29.6 Å². The van der Waals surface area contributed by atoms with Crippen molar-refractivity contribution < 1.29 is 0 Å². The van der Waals surface area contributed by atoms with E-state index in [2.05, 4.69) is 45.9 Å². The van der Waals surface area contributed by atoms with Gasteiger partial charge in [0, 0.05) is 0 Å². The van der Waals surface area contributed by atoms with Crippen molar-refractivity contribution in [1.29, 1.82) is 0 Å². The maximum absolute atomic E-state index is 2.57. The lowest BCUT2D eigenvalue weighted by Gasteiger charge is -2.33. The Morgan fingerprint density at radius 3 is 1.83 bits per heavy atom. The van der Waals surface area contributed by atoms with E-state index in [1.54, 1.807) is 33.2 Å². The van der Waals surface area contributed by atoms with Gasteiger partial charge in [-0.05, 0) is 121 Å². The molecule has 0 aromatic heterocycles. The van der Waals surface area contributed by atoms with Gasteiger partial charge in [-0.15, -0.1) is 0 Å². The molecule has 192 valence electrons. The number of aryl methyl sites for hydroxylation is 2. The Hall–Kier alpha value is -1.30. The Labute approximate surface area is 216 Å². The summed E-state index contributed by atoms with van der Waals surface area (Å²) in [4.78, 5) is 0. The van der Waals surface area contributed by atoms with Gasteiger partial charge in [0.1, 0.15) is 0 Å². The van der Waals surface area contributed by atoms with Crippen molar-refractivity contribution in [2.75, 3.05) is 0 Å². The van der Waals surface area contributed by atoms with E-state index >= 15 is 0 Å². The molecule has 0 radical (unpaired) electrons. The van der Waals surface area contributed by atoms with Gasteiger partial charge in [-0.25, -0.2) is 0 Å². The van der Waals surface area contributed by atoms with Gasteiger partial charge in [0.2, 0.25) is 0 Å². The Morgan fingerprint density at radius 1 is 0.571 bits per heavy atom. The van der Waals surface area contributed by atoms with Crippen LogP contribution >= 0.6 is 0 Å². The van der Waals surface area contributed by atoms with Gasteiger partial charge in [-0.3, -0.25) is 0 Å². The summed E-state index contributed by atoms with van der Waals surface area (Å²) in [6, 6.07) is 7.50. The Kier molecular flexibility index (Phi) is 8.25. The lowest BCUT2D eigenvalue weighted by molar-refractivity contribution is 0.195. The van der Waals surface area contributed by atoms with Crippen molar-refractivity contribution >= 4 is 10.8 Å². The van der Waals surface area contributed by atoms with Gasteiger partial charge in [-0.2, -0.15) is 0 Å². The lowest BCUT2D eigenvalue weighted by atomic mass is 9.72. The second-order valence-electron chi connectivity index (χ2n) is 13.4. The first-order chi connectivity index (χ1) is 17.0. The molecule has 5 rings (SSSR count). The van der Waals surface area contributed by atoms with Gasteiger partial charge in [0.15, 0.2) is 0 Å². The predicted molar refractivity (Wildman–Crippen MR) is 153 cm³/mol. The molecule has 3 saturated carbocycles. The molecule has 3 aliphatic rings. The van der Waals surface area contributed by atoms with Crippen molar-refractivity contribution in [1.82, 2.24) is 0 Å². The Morgan fingerprint density at radius 2 is 1.14 bits per heavy atom. The summed E-state index contributed by atoms with van der Waals surface area (Å²) >= 11 is 0. The molecule has 0 saturated heterocycles. The van der Waals surface area contributed by atoms with Crippen LogP contribution in [0.5, 0.6) is 0 Å². The summed E-state index contributed by atoms with van der Waals surface area (Å²) < 4.78 is 0. The molecular formula is C35H52. The summed E-state index contributed by atoms with van der Waals surface area (Å²) in [6.45, 7) is 9.67. The topological polar surface area (TPSA) is 0 Å². The number of rotatable bonds is 6. The summed E-state index contributed by atoms with van der Waals surface area (Å²) in [5.74, 6) is 4.87. The van der Waals surface area contributed by atoms with Crippen LogP contribution in [0, 0.1) is 50.4 Å². The third-order valence-electron chi connectivity index (χ3n) is 10.9. The molecule has 3 fully saturated rings. The van der Waals surface area contributed by atoms with E-state index < -0.39 is 0 Å². The SMILES string of the molecule is Cc1c(CC2CCC(CC3CCC(C)CC3)CC2)cc2ccc(CC3CCCCC3)c(C)c2c1C. The van der Waals surface area contributed by atoms with Crippen molar-refractivity contribution in [3.05, 3.63) is 46.0 Å². The minimum atomic E-state index is 0.903. The van der Waals surface area contributed by atoms with E-state index in [1.165, 1.54) is 108 Å². The van der Waals surface area contributed by atoms with Gasteiger partial charge in [-0.1, -0.05) is 95.8 Å². The van der Waals surface area contributed by atoms with Gasteiger partial charge >= 0.3 is 0 Å². The normalized spacial score (nSPS) is 28.5. The maximum atomic E-state index is 2.57. The highest BCUT2D eigenvalue weighted by molar-refractivity contribution is 5.91. The first-order valence-electron chi connectivity index (χ1n) is 15.5. The van der Waals surface area contributed by atoms with Gasteiger partial charge < -0.3 is 0 Å². The minimum Gasteiger partial charge on any atom is -0.0625 e. The molecule has 0 amide bonds. The number of hydrogen-bond donors (Lipinski definition) is 0. The number of fused-ring (bicyclic) bond motifs is 1. The standard InChI is InChI=1S/C35H52/c1-24-10-12-29(13-11-24)20-30-14-16-31(17-15-30)22-34-23-33-19-18-32(21-28-8-6-5-7-9-28)27(4)35(33)26(3)25(34)2/h18-19,23-24,28-31H,5-17,20-22H2,1-4H3. The highest BCUT2D eigenvalue weighted by Gasteiger charge is 2.27. The molecule has 2 aromatic rings. The van der Waals surface area contributed by atoms with Crippen molar-refractivity contribution in [3.8, 4) is 0 Å². The van der Waals surface area contributed by atoms with Gasteiger partial charge in [0.05, 0.1) is 0 Å². The molecular weight excluding hydrogens is 420 g/mol. The summed E-state index contributed by atoms with van der Waals surface area (Å²) in [5.41, 5.74) is 7.96. The zero-order chi connectivity index (χ0) is 24.4. The van der Waals surface area contributed by atoms with Crippen LogP contribution in [0.3, 0.4) is 0 Å². The zero-order valence-corrected chi connectivity index (χ0v) is 23.4. The van der Waals surface area contributed by atoms with Crippen LogP contribution in [0.25, 0.3) is 10.8 Å². The molecule has 0 aliphatic heterocycles. The number of hydrogen-bond acceptors (Lipinski definition) is 0. The first-order valence-corrected chi connectivity index (χ1v) is 15.5. The fourth-order valence-corrected chi connectivity index (χ4v) is 8.27. The largest absolute Gasteiger partial charge is 0.0625 e. The van der Waals surface area contributed by atoms with Crippen LogP contribution in [0.15, 0.2) is 18.2 Å². The van der Waals surface area contributed by atoms with Crippen LogP contribution in [0.4, 0.5) is 0 Å². The second kappa shape index (κ2) is 11.4. The molecule has 0 unspecified atom stereocenters. The molecule has 2 aromatic carbocycles. The first kappa shape index (κ1) is 25.4. The van der Waals surface area contributed by atoms with Crippen LogP contribution in [0.1, 0.15) is 125 Å². The highest BCUT2D eigenvalue weighted by Crippen LogP contribution is 2.40. The van der Waals surface area contributed by atoms with E-state index in [9.17, 15) is 0 Å². The van der Waals surface area contributed by atoms with Crippen LogP contribution < -0.4 is 0 Å². The van der Waals surface area contributed by atoms with Gasteiger partial charge in [0.25, 0.3) is 0 Å². The molecule has 0 N–H and O–H groups in total. The lowest BCUT2D eigenvalue weighted by Crippen LogP contribution is -2.21. The van der Waals surface area contributed by atoms with E-state index in [-0.39, 0.29) is 0 Å². The molecule has 0 nitrogen and oxygen atoms in total. The molecule has 0 heteroatoms. The second-order valence-corrected chi connectivity index (χ2v) is 13.4. The van der Waals surface area contributed by atoms with E-state index in [0.29, 0.717) is 0 Å². The monoisotopic (exact) mass is 472 g/mol. The number of benzene rings is 2. The summed E-state index contributed by atoms with van der Waals surface area (Å²) in [6.07, 6.45) is 23.3. The summed E-state index contributed by atoms with van der Waals surface area (Å²) in [5, 5.41) is 3.05. The van der Waals surface area contributed by atoms with Crippen LogP contribution in [-0.4, -0.2) is 0 Å². The fourth-order valence-electron chi connectivity index (χ4n) is 8.27. The molecule has 35 heavy (non-hydrogen) atoms. The smallest absolute Gasteiger partial charge is 0.0120 e. The fraction of sp³-hybridized carbons (Fsp3) is 0.714. The third kappa shape index (κ3) is 5.99. The average molecular weight is 473 g/mol. The molecule has 0 bridgehead atoms. The molecule has 3 aliphatic carbocycles. The van der Waals surface area contributed by atoms with Crippen molar-refractivity contribution in [2.45, 2.75) is 130 Å². The van der Waals surface area contributed by atoms with Crippen LogP contribution in [-0.2, 0) is 12.8 Å². The maximum Gasteiger partial charge on any atom is -0.0120 e. The van der Waals surface area contributed by atoms with Crippen LogP contribution in [0.2, 0.25) is 0 Å². The Balaban J connectivity index is 1.23. The van der Waals surface area contributed by atoms with Crippen molar-refractivity contribution in [3.63, 3.8) is 0 Å². The molecule has 0 atom stereocenters. The minimum absolute atomic E-state index is 0.903. The van der Waals surface area contributed by atoms with E-state index in [4.69, 9.17) is 0 Å². The van der Waals surface area contributed by atoms with E-state index in [1.807, 2.05) is 0 Å². The molecule has 0 heterocycles. The Bertz CT molecular complexity index is 975. The highest BCUT2D eigenvalue weighted by atomic mass is 14.3. The average Bonchev–Trinajstić information content (AvgIpc) is 2.87. The predicted octanol–water partition coefficient (Wildman–Crippen LogP) is 10.5.